The SMILES string of the molecule is CCCn1nc(N2CCC(CO)CC2)c(C(=O)OC)c1N. The number of aliphatic hydroxyl groups is 1. The Morgan fingerprint density at radius 2 is 2.14 bits per heavy atom. The van der Waals surface area contributed by atoms with Gasteiger partial charge in [0.25, 0.3) is 0 Å². The summed E-state index contributed by atoms with van der Waals surface area (Å²) in [7, 11) is 1.35. The van der Waals surface area contributed by atoms with Gasteiger partial charge < -0.3 is 20.5 Å². The largest absolute Gasteiger partial charge is 0.465 e. The van der Waals surface area contributed by atoms with E-state index in [0.29, 0.717) is 29.7 Å². The Labute approximate surface area is 124 Å². The topological polar surface area (TPSA) is 93.6 Å². The summed E-state index contributed by atoms with van der Waals surface area (Å²) >= 11 is 0. The van der Waals surface area contributed by atoms with Crippen molar-refractivity contribution >= 4 is 17.6 Å². The van der Waals surface area contributed by atoms with Crippen LogP contribution in [-0.4, -0.2) is 47.7 Å². The van der Waals surface area contributed by atoms with Crippen molar-refractivity contribution in [3.05, 3.63) is 5.56 Å². The first-order valence-corrected chi connectivity index (χ1v) is 7.42. The van der Waals surface area contributed by atoms with E-state index in [0.717, 1.165) is 32.4 Å². The van der Waals surface area contributed by atoms with Crippen LogP contribution in [0.1, 0.15) is 36.5 Å². The molecule has 0 bridgehead atoms. The maximum absolute atomic E-state index is 12.0. The summed E-state index contributed by atoms with van der Waals surface area (Å²) in [5.74, 6) is 0.846. The van der Waals surface area contributed by atoms with Gasteiger partial charge in [-0.25, -0.2) is 9.48 Å². The molecule has 0 radical (unpaired) electrons. The minimum Gasteiger partial charge on any atom is -0.465 e. The lowest BCUT2D eigenvalue weighted by Gasteiger charge is -2.31. The van der Waals surface area contributed by atoms with Crippen LogP contribution in [-0.2, 0) is 11.3 Å². The van der Waals surface area contributed by atoms with E-state index in [4.69, 9.17) is 10.5 Å². The summed E-state index contributed by atoms with van der Waals surface area (Å²) in [4.78, 5) is 14.1. The molecule has 0 aliphatic carbocycles. The number of carbonyl (C=O) groups excluding carboxylic acids is 1. The first-order chi connectivity index (χ1) is 10.1. The molecule has 0 saturated carbocycles. The number of aliphatic hydroxyl groups excluding tert-OH is 1. The van der Waals surface area contributed by atoms with Crippen LogP contribution in [0, 0.1) is 5.92 Å². The molecule has 21 heavy (non-hydrogen) atoms. The molecule has 1 aliphatic heterocycles. The average Bonchev–Trinajstić information content (AvgIpc) is 2.84. The number of aryl methyl sites for hydroxylation is 1. The van der Waals surface area contributed by atoms with E-state index in [2.05, 4.69) is 10.00 Å². The molecule has 2 heterocycles. The fourth-order valence-electron chi connectivity index (χ4n) is 2.69. The Morgan fingerprint density at radius 3 is 2.67 bits per heavy atom. The zero-order valence-electron chi connectivity index (χ0n) is 12.7. The lowest BCUT2D eigenvalue weighted by molar-refractivity contribution is 0.0602. The zero-order valence-corrected chi connectivity index (χ0v) is 12.7. The predicted octanol–water partition coefficient (Wildman–Crippen LogP) is 0.871. The third kappa shape index (κ3) is 3.12. The van der Waals surface area contributed by atoms with Crippen LogP contribution in [0.15, 0.2) is 0 Å². The second kappa shape index (κ2) is 6.80. The van der Waals surface area contributed by atoms with Gasteiger partial charge >= 0.3 is 5.97 Å². The molecule has 3 N–H and O–H groups in total. The van der Waals surface area contributed by atoms with Crippen LogP contribution in [0.25, 0.3) is 0 Å². The normalized spacial score (nSPS) is 16.2. The van der Waals surface area contributed by atoms with E-state index in [1.165, 1.54) is 7.11 Å². The first kappa shape index (κ1) is 15.6. The molecular weight excluding hydrogens is 272 g/mol. The average molecular weight is 296 g/mol. The quantitative estimate of drug-likeness (QED) is 0.783. The number of ether oxygens (including phenoxy) is 1. The Bertz CT molecular complexity index is 493. The zero-order chi connectivity index (χ0) is 15.4. The number of aromatic nitrogens is 2. The second-order valence-electron chi connectivity index (χ2n) is 5.41. The number of hydrogen-bond acceptors (Lipinski definition) is 6. The molecule has 7 nitrogen and oxygen atoms in total. The van der Waals surface area contributed by atoms with Gasteiger partial charge in [-0.05, 0) is 25.2 Å². The lowest BCUT2D eigenvalue weighted by Crippen LogP contribution is -2.36. The molecule has 1 saturated heterocycles. The van der Waals surface area contributed by atoms with E-state index in [9.17, 15) is 9.90 Å². The molecule has 0 amide bonds. The number of carbonyl (C=O) groups is 1. The molecule has 7 heteroatoms. The van der Waals surface area contributed by atoms with Gasteiger partial charge in [-0.1, -0.05) is 6.92 Å². The van der Waals surface area contributed by atoms with Crippen molar-refractivity contribution < 1.29 is 14.6 Å². The molecule has 1 fully saturated rings. The maximum atomic E-state index is 12.0. The summed E-state index contributed by atoms with van der Waals surface area (Å²) in [6, 6.07) is 0. The third-order valence-electron chi connectivity index (χ3n) is 3.97. The standard InChI is InChI=1S/C14H24N4O3/c1-3-6-18-12(15)11(14(20)21-2)13(16-18)17-7-4-10(9-19)5-8-17/h10,19H,3-9,15H2,1-2H3. The maximum Gasteiger partial charge on any atom is 0.345 e. The number of nitrogen functional groups attached to an aromatic ring is 1. The first-order valence-electron chi connectivity index (χ1n) is 7.42. The molecule has 1 aliphatic rings. The van der Waals surface area contributed by atoms with Crippen molar-refractivity contribution in [1.82, 2.24) is 9.78 Å². The summed E-state index contributed by atoms with van der Waals surface area (Å²) in [5.41, 5.74) is 6.41. The third-order valence-corrected chi connectivity index (χ3v) is 3.97. The van der Waals surface area contributed by atoms with Gasteiger partial charge in [-0.2, -0.15) is 5.10 Å². The van der Waals surface area contributed by atoms with Gasteiger partial charge in [-0.15, -0.1) is 0 Å². The fraction of sp³-hybridized carbons (Fsp3) is 0.714. The molecule has 0 spiro atoms. The number of methoxy groups -OCH3 is 1. The number of esters is 1. The molecule has 0 aromatic carbocycles. The number of piperidine rings is 1. The van der Waals surface area contributed by atoms with Crippen molar-refractivity contribution in [2.45, 2.75) is 32.7 Å². The van der Waals surface area contributed by atoms with Crippen molar-refractivity contribution in [2.24, 2.45) is 5.92 Å². The van der Waals surface area contributed by atoms with E-state index >= 15 is 0 Å². The van der Waals surface area contributed by atoms with Gasteiger partial charge in [0.1, 0.15) is 11.4 Å². The predicted molar refractivity (Wildman–Crippen MR) is 80.3 cm³/mol. The van der Waals surface area contributed by atoms with Crippen molar-refractivity contribution in [3.63, 3.8) is 0 Å². The molecule has 1 aromatic heterocycles. The fourth-order valence-corrected chi connectivity index (χ4v) is 2.69. The minimum atomic E-state index is -0.450. The summed E-state index contributed by atoms with van der Waals surface area (Å²) < 4.78 is 6.51. The Morgan fingerprint density at radius 1 is 1.48 bits per heavy atom. The van der Waals surface area contributed by atoms with Gasteiger partial charge in [0.2, 0.25) is 0 Å². The number of nitrogens with two attached hydrogens (primary N) is 1. The molecule has 0 atom stereocenters. The summed E-state index contributed by atoms with van der Waals surface area (Å²) in [6.45, 7) is 4.44. The van der Waals surface area contributed by atoms with Crippen molar-refractivity contribution in [1.29, 1.82) is 0 Å². The van der Waals surface area contributed by atoms with Crippen molar-refractivity contribution in [3.8, 4) is 0 Å². The van der Waals surface area contributed by atoms with Crippen LogP contribution in [0.4, 0.5) is 11.6 Å². The van der Waals surface area contributed by atoms with E-state index < -0.39 is 5.97 Å². The molecule has 1 aromatic rings. The van der Waals surface area contributed by atoms with E-state index in [1.54, 1.807) is 4.68 Å². The Kier molecular flexibility index (Phi) is 5.06. The lowest BCUT2D eigenvalue weighted by atomic mass is 9.98. The number of rotatable bonds is 5. The van der Waals surface area contributed by atoms with Crippen LogP contribution in [0.3, 0.4) is 0 Å². The molecule has 0 unspecified atom stereocenters. The molecule has 2 rings (SSSR count). The number of hydrogen-bond donors (Lipinski definition) is 2. The minimum absolute atomic E-state index is 0.212. The monoisotopic (exact) mass is 296 g/mol. The molecular formula is C14H24N4O3. The molecule has 118 valence electrons. The Balaban J connectivity index is 2.29. The van der Waals surface area contributed by atoms with Gasteiger partial charge in [-0.3, -0.25) is 0 Å². The van der Waals surface area contributed by atoms with E-state index in [1.807, 2.05) is 6.92 Å². The smallest absolute Gasteiger partial charge is 0.345 e. The van der Waals surface area contributed by atoms with Gasteiger partial charge in [0.05, 0.1) is 7.11 Å². The van der Waals surface area contributed by atoms with E-state index in [-0.39, 0.29) is 6.61 Å². The van der Waals surface area contributed by atoms with Gasteiger partial charge in [0.15, 0.2) is 5.82 Å². The number of nitrogens with zero attached hydrogens (tertiary/aromatic N) is 3. The highest BCUT2D eigenvalue weighted by molar-refractivity contribution is 5.99. The highest BCUT2D eigenvalue weighted by atomic mass is 16.5. The summed E-state index contributed by atoms with van der Waals surface area (Å²) in [6.07, 6.45) is 2.66. The Hall–Kier alpha value is -1.76. The van der Waals surface area contributed by atoms with Crippen LogP contribution in [0.2, 0.25) is 0 Å². The van der Waals surface area contributed by atoms with Gasteiger partial charge in [0, 0.05) is 26.2 Å². The van der Waals surface area contributed by atoms with Crippen LogP contribution >= 0.6 is 0 Å². The highest BCUT2D eigenvalue weighted by Gasteiger charge is 2.29. The highest BCUT2D eigenvalue weighted by Crippen LogP contribution is 2.29. The second-order valence-corrected chi connectivity index (χ2v) is 5.41. The number of anilines is 2. The van der Waals surface area contributed by atoms with Crippen LogP contribution in [0.5, 0.6) is 0 Å². The van der Waals surface area contributed by atoms with Crippen LogP contribution < -0.4 is 10.6 Å². The summed E-state index contributed by atoms with van der Waals surface area (Å²) in [5, 5.41) is 13.7. The van der Waals surface area contributed by atoms with Crippen molar-refractivity contribution in [2.75, 3.05) is 37.4 Å².